The van der Waals surface area contributed by atoms with Crippen molar-refractivity contribution in [1.82, 2.24) is 5.32 Å². The Bertz CT molecular complexity index is 616. The largest absolute Gasteiger partial charge is 0.484 e. The van der Waals surface area contributed by atoms with Gasteiger partial charge in [-0.1, -0.05) is 23.7 Å². The summed E-state index contributed by atoms with van der Waals surface area (Å²) in [5.74, 6) is -0.352. The predicted molar refractivity (Wildman–Crippen MR) is 81.3 cm³/mol. The van der Waals surface area contributed by atoms with Crippen molar-refractivity contribution in [3.05, 3.63) is 64.9 Å². The highest BCUT2D eigenvalue weighted by Crippen LogP contribution is 2.15. The average Bonchev–Trinajstić information content (AvgIpc) is 2.52. The maximum atomic E-state index is 12.7. The average molecular weight is 324 g/mol. The Morgan fingerprint density at radius 2 is 1.82 bits per heavy atom. The third kappa shape index (κ3) is 5.02. The Kier molecular flexibility index (Phi) is 5.75. The minimum absolute atomic E-state index is 0.0627. The number of ether oxygens (including phenoxy) is 1. The molecule has 2 aromatic rings. The van der Waals surface area contributed by atoms with Gasteiger partial charge in [0.25, 0.3) is 5.91 Å². The highest BCUT2D eigenvalue weighted by atomic mass is 35.5. The summed E-state index contributed by atoms with van der Waals surface area (Å²) in [6, 6.07) is 12.1. The van der Waals surface area contributed by atoms with Crippen molar-refractivity contribution in [3.63, 3.8) is 0 Å². The van der Waals surface area contributed by atoms with E-state index in [9.17, 15) is 14.3 Å². The van der Waals surface area contributed by atoms with Crippen LogP contribution in [-0.4, -0.2) is 24.2 Å². The topological polar surface area (TPSA) is 58.6 Å². The molecule has 1 unspecified atom stereocenters. The standard InChI is InChI=1S/C16H15ClFNO3/c17-12-3-1-11(2-4-12)15(20)9-19-16(21)10-22-14-7-5-13(18)6-8-14/h1-8,15,20H,9-10H2,(H,19,21). The van der Waals surface area contributed by atoms with Crippen molar-refractivity contribution >= 4 is 17.5 Å². The molecule has 0 aliphatic carbocycles. The van der Waals surface area contributed by atoms with Crippen LogP contribution in [0.5, 0.6) is 5.75 Å². The van der Waals surface area contributed by atoms with Crippen molar-refractivity contribution in [3.8, 4) is 5.75 Å². The summed E-state index contributed by atoms with van der Waals surface area (Å²) < 4.78 is 17.9. The van der Waals surface area contributed by atoms with E-state index in [1.807, 2.05) is 0 Å². The van der Waals surface area contributed by atoms with Crippen LogP contribution in [0, 0.1) is 5.82 Å². The molecule has 2 rings (SSSR count). The first-order valence-electron chi connectivity index (χ1n) is 6.63. The maximum absolute atomic E-state index is 12.7. The highest BCUT2D eigenvalue weighted by molar-refractivity contribution is 6.30. The first-order chi connectivity index (χ1) is 10.5. The summed E-state index contributed by atoms with van der Waals surface area (Å²) in [6.45, 7) is -0.147. The predicted octanol–water partition coefficient (Wildman–Crippen LogP) is 2.71. The first kappa shape index (κ1) is 16.3. The molecular weight excluding hydrogens is 309 g/mol. The molecule has 116 valence electrons. The smallest absolute Gasteiger partial charge is 0.258 e. The lowest BCUT2D eigenvalue weighted by Gasteiger charge is -2.13. The van der Waals surface area contributed by atoms with Crippen LogP contribution >= 0.6 is 11.6 Å². The van der Waals surface area contributed by atoms with E-state index in [1.54, 1.807) is 24.3 Å². The molecule has 0 saturated heterocycles. The molecule has 0 aliphatic rings. The van der Waals surface area contributed by atoms with Gasteiger partial charge < -0.3 is 15.2 Å². The molecule has 2 N–H and O–H groups in total. The van der Waals surface area contributed by atoms with Crippen molar-refractivity contribution in [2.24, 2.45) is 0 Å². The zero-order valence-corrected chi connectivity index (χ0v) is 12.4. The molecule has 6 heteroatoms. The van der Waals surface area contributed by atoms with E-state index in [0.717, 1.165) is 0 Å². The third-order valence-corrected chi connectivity index (χ3v) is 3.18. The van der Waals surface area contributed by atoms with Crippen LogP contribution in [0.15, 0.2) is 48.5 Å². The summed E-state index contributed by atoms with van der Waals surface area (Å²) in [5.41, 5.74) is 0.657. The van der Waals surface area contributed by atoms with Crippen LogP contribution in [0.2, 0.25) is 5.02 Å². The fourth-order valence-electron chi connectivity index (χ4n) is 1.74. The fraction of sp³-hybridized carbons (Fsp3) is 0.188. The van der Waals surface area contributed by atoms with Gasteiger partial charge in [0.1, 0.15) is 11.6 Å². The summed E-state index contributed by atoms with van der Waals surface area (Å²) in [4.78, 5) is 11.6. The molecule has 0 radical (unpaired) electrons. The monoisotopic (exact) mass is 323 g/mol. The number of benzene rings is 2. The minimum Gasteiger partial charge on any atom is -0.484 e. The van der Waals surface area contributed by atoms with E-state index in [0.29, 0.717) is 16.3 Å². The molecule has 0 aliphatic heterocycles. The number of hydrogen-bond acceptors (Lipinski definition) is 3. The van der Waals surface area contributed by atoms with Crippen LogP contribution in [0.25, 0.3) is 0 Å². The lowest BCUT2D eigenvalue weighted by Crippen LogP contribution is -2.32. The van der Waals surface area contributed by atoms with E-state index in [1.165, 1.54) is 24.3 Å². The lowest BCUT2D eigenvalue weighted by molar-refractivity contribution is -0.123. The molecule has 0 spiro atoms. The second kappa shape index (κ2) is 7.77. The van der Waals surface area contributed by atoms with Crippen LogP contribution in [0.3, 0.4) is 0 Å². The normalized spacial score (nSPS) is 11.8. The second-order valence-electron chi connectivity index (χ2n) is 4.61. The Morgan fingerprint density at radius 1 is 1.18 bits per heavy atom. The molecule has 2 aromatic carbocycles. The SMILES string of the molecule is O=C(COc1ccc(F)cc1)NCC(O)c1ccc(Cl)cc1. The van der Waals surface area contributed by atoms with Gasteiger partial charge in [-0.05, 0) is 42.0 Å². The van der Waals surface area contributed by atoms with Crippen molar-refractivity contribution in [2.45, 2.75) is 6.10 Å². The fourth-order valence-corrected chi connectivity index (χ4v) is 1.87. The summed E-state index contributed by atoms with van der Waals surface area (Å²) in [5, 5.41) is 13.1. The number of carbonyl (C=O) groups is 1. The van der Waals surface area contributed by atoms with E-state index in [4.69, 9.17) is 16.3 Å². The minimum atomic E-state index is -0.827. The maximum Gasteiger partial charge on any atom is 0.258 e. The summed E-state index contributed by atoms with van der Waals surface area (Å²) in [6.07, 6.45) is -0.827. The molecule has 4 nitrogen and oxygen atoms in total. The Morgan fingerprint density at radius 3 is 2.45 bits per heavy atom. The number of amides is 1. The molecule has 0 heterocycles. The number of hydrogen-bond donors (Lipinski definition) is 2. The Balaban J connectivity index is 1.75. The van der Waals surface area contributed by atoms with Crippen LogP contribution < -0.4 is 10.1 Å². The zero-order chi connectivity index (χ0) is 15.9. The van der Waals surface area contributed by atoms with Crippen molar-refractivity contribution < 1.29 is 19.0 Å². The number of carbonyl (C=O) groups excluding carboxylic acids is 1. The zero-order valence-electron chi connectivity index (χ0n) is 11.6. The number of nitrogens with one attached hydrogen (secondary N) is 1. The van der Waals surface area contributed by atoms with Gasteiger partial charge in [-0.25, -0.2) is 4.39 Å². The molecule has 0 fully saturated rings. The molecule has 22 heavy (non-hydrogen) atoms. The third-order valence-electron chi connectivity index (χ3n) is 2.93. The van der Waals surface area contributed by atoms with Gasteiger partial charge in [0.2, 0.25) is 0 Å². The van der Waals surface area contributed by atoms with Gasteiger partial charge in [0.05, 0.1) is 6.10 Å². The quantitative estimate of drug-likeness (QED) is 0.859. The molecule has 0 bridgehead atoms. The van der Waals surface area contributed by atoms with E-state index in [2.05, 4.69) is 5.32 Å². The molecule has 0 aromatic heterocycles. The van der Waals surface area contributed by atoms with Crippen LogP contribution in [-0.2, 0) is 4.79 Å². The van der Waals surface area contributed by atoms with Gasteiger partial charge in [-0.2, -0.15) is 0 Å². The Hall–Kier alpha value is -2.11. The molecule has 1 atom stereocenters. The number of aliphatic hydroxyl groups excluding tert-OH is 1. The Labute approximate surface area is 132 Å². The summed E-state index contributed by atoms with van der Waals surface area (Å²) in [7, 11) is 0. The second-order valence-corrected chi connectivity index (χ2v) is 5.05. The van der Waals surface area contributed by atoms with E-state index in [-0.39, 0.29) is 24.9 Å². The van der Waals surface area contributed by atoms with Crippen LogP contribution in [0.1, 0.15) is 11.7 Å². The summed E-state index contributed by atoms with van der Waals surface area (Å²) >= 11 is 5.76. The van der Waals surface area contributed by atoms with Gasteiger partial charge >= 0.3 is 0 Å². The number of rotatable bonds is 6. The highest BCUT2D eigenvalue weighted by Gasteiger charge is 2.10. The number of halogens is 2. The molecular formula is C16H15ClFNO3. The van der Waals surface area contributed by atoms with Crippen molar-refractivity contribution in [2.75, 3.05) is 13.2 Å². The van der Waals surface area contributed by atoms with Gasteiger partial charge in [0, 0.05) is 11.6 Å². The van der Waals surface area contributed by atoms with Gasteiger partial charge in [0.15, 0.2) is 6.61 Å². The van der Waals surface area contributed by atoms with Crippen LogP contribution in [0.4, 0.5) is 4.39 Å². The first-order valence-corrected chi connectivity index (χ1v) is 7.01. The van der Waals surface area contributed by atoms with Gasteiger partial charge in [-0.3, -0.25) is 4.79 Å². The van der Waals surface area contributed by atoms with E-state index < -0.39 is 6.10 Å². The molecule has 1 amide bonds. The molecule has 0 saturated carbocycles. The van der Waals surface area contributed by atoms with Crippen molar-refractivity contribution in [1.29, 1.82) is 0 Å². The number of aliphatic hydroxyl groups is 1. The lowest BCUT2D eigenvalue weighted by atomic mass is 10.1. The van der Waals surface area contributed by atoms with E-state index >= 15 is 0 Å². The van der Waals surface area contributed by atoms with Gasteiger partial charge in [-0.15, -0.1) is 0 Å².